The molecule has 0 aliphatic rings. The largest absolute Gasteiger partial charge is 0.320 e. The summed E-state index contributed by atoms with van der Waals surface area (Å²) >= 11 is 0. The van der Waals surface area contributed by atoms with E-state index in [1.807, 2.05) is 13.0 Å². The summed E-state index contributed by atoms with van der Waals surface area (Å²) in [5.41, 5.74) is 2.91. The van der Waals surface area contributed by atoms with Gasteiger partial charge in [0.05, 0.1) is 22.0 Å². The molecule has 1 amide bonds. The number of amides is 1. The number of carbonyl (C=O) groups is 1. The van der Waals surface area contributed by atoms with Gasteiger partial charge in [0.25, 0.3) is 15.9 Å². The Morgan fingerprint density at radius 1 is 0.839 bits per heavy atom. The molecule has 2 N–H and O–H groups in total. The Morgan fingerprint density at radius 3 is 2.13 bits per heavy atom. The van der Waals surface area contributed by atoms with Crippen LogP contribution in [0.25, 0.3) is 5.69 Å². The van der Waals surface area contributed by atoms with Crippen LogP contribution in [0, 0.1) is 6.92 Å². The van der Waals surface area contributed by atoms with Crippen LogP contribution in [0.2, 0.25) is 0 Å². The number of aromatic nitrogens is 2. The third-order valence-corrected chi connectivity index (χ3v) is 6.06. The molecular weight excluding hydrogens is 412 g/mol. The molecule has 0 fully saturated rings. The van der Waals surface area contributed by atoms with Gasteiger partial charge in [0.1, 0.15) is 0 Å². The quantitative estimate of drug-likeness (QED) is 0.477. The molecule has 0 bridgehead atoms. The van der Waals surface area contributed by atoms with Crippen molar-refractivity contribution >= 4 is 27.3 Å². The van der Waals surface area contributed by atoms with E-state index in [0.717, 1.165) is 11.4 Å². The molecule has 0 unspecified atom stereocenters. The standard InChI is InChI=1S/C23H20N4O3S/c1-17-15-16-24-27(17)19-13-11-18(12-14-19)23(28)25-21-9-5-6-10-22(21)26-31(29,30)20-7-3-2-4-8-20/h2-16,26H,1H3,(H,25,28). The Morgan fingerprint density at radius 2 is 1.48 bits per heavy atom. The summed E-state index contributed by atoms with van der Waals surface area (Å²) in [5, 5.41) is 7.03. The van der Waals surface area contributed by atoms with Gasteiger partial charge in [-0.3, -0.25) is 9.52 Å². The second-order valence-corrected chi connectivity index (χ2v) is 8.53. The molecule has 1 heterocycles. The first-order valence-corrected chi connectivity index (χ1v) is 11.0. The van der Waals surface area contributed by atoms with Crippen molar-refractivity contribution in [2.75, 3.05) is 10.0 Å². The summed E-state index contributed by atoms with van der Waals surface area (Å²) in [4.78, 5) is 12.9. The average molecular weight is 433 g/mol. The van der Waals surface area contributed by atoms with Crippen molar-refractivity contribution in [3.05, 3.63) is 102 Å². The van der Waals surface area contributed by atoms with Crippen molar-refractivity contribution in [3.63, 3.8) is 0 Å². The van der Waals surface area contributed by atoms with E-state index in [0.29, 0.717) is 11.3 Å². The number of rotatable bonds is 6. The Bertz CT molecular complexity index is 1310. The van der Waals surface area contributed by atoms with E-state index in [1.165, 1.54) is 12.1 Å². The zero-order valence-corrected chi connectivity index (χ0v) is 17.5. The minimum absolute atomic E-state index is 0.139. The van der Waals surface area contributed by atoms with Crippen LogP contribution >= 0.6 is 0 Å². The number of aryl methyl sites for hydroxylation is 1. The molecule has 0 saturated carbocycles. The highest BCUT2D eigenvalue weighted by Gasteiger charge is 2.17. The molecule has 8 heteroatoms. The number of para-hydroxylation sites is 2. The fraction of sp³-hybridized carbons (Fsp3) is 0.0435. The number of carbonyl (C=O) groups excluding carboxylic acids is 1. The Balaban J connectivity index is 1.54. The first-order valence-electron chi connectivity index (χ1n) is 9.53. The number of benzene rings is 3. The highest BCUT2D eigenvalue weighted by atomic mass is 32.2. The molecule has 31 heavy (non-hydrogen) atoms. The van der Waals surface area contributed by atoms with Crippen LogP contribution in [0.3, 0.4) is 0 Å². The Kier molecular flexibility index (Phi) is 5.55. The maximum absolute atomic E-state index is 12.8. The molecule has 0 radical (unpaired) electrons. The topological polar surface area (TPSA) is 93.1 Å². The van der Waals surface area contributed by atoms with Crippen LogP contribution in [0.15, 0.2) is 96.0 Å². The fourth-order valence-electron chi connectivity index (χ4n) is 3.07. The molecule has 0 spiro atoms. The lowest BCUT2D eigenvalue weighted by atomic mass is 10.2. The van der Waals surface area contributed by atoms with Crippen LogP contribution < -0.4 is 10.0 Å². The van der Waals surface area contributed by atoms with Gasteiger partial charge in [-0.2, -0.15) is 5.10 Å². The van der Waals surface area contributed by atoms with E-state index >= 15 is 0 Å². The van der Waals surface area contributed by atoms with Gasteiger partial charge >= 0.3 is 0 Å². The lowest BCUT2D eigenvalue weighted by Gasteiger charge is -2.14. The van der Waals surface area contributed by atoms with Crippen LogP contribution in [0.1, 0.15) is 16.1 Å². The lowest BCUT2D eigenvalue weighted by Crippen LogP contribution is -2.17. The maximum atomic E-state index is 12.8. The van der Waals surface area contributed by atoms with E-state index in [-0.39, 0.29) is 16.5 Å². The van der Waals surface area contributed by atoms with Gasteiger partial charge in [0.2, 0.25) is 0 Å². The number of nitrogens with one attached hydrogen (secondary N) is 2. The van der Waals surface area contributed by atoms with Crippen molar-refractivity contribution in [1.29, 1.82) is 0 Å². The third kappa shape index (κ3) is 4.49. The van der Waals surface area contributed by atoms with E-state index in [2.05, 4.69) is 15.1 Å². The zero-order valence-electron chi connectivity index (χ0n) is 16.7. The summed E-state index contributed by atoms with van der Waals surface area (Å²) in [7, 11) is -3.78. The Hall–Kier alpha value is -3.91. The minimum Gasteiger partial charge on any atom is -0.320 e. The fourth-order valence-corrected chi connectivity index (χ4v) is 4.17. The van der Waals surface area contributed by atoms with Crippen LogP contribution in [0.5, 0.6) is 0 Å². The van der Waals surface area contributed by atoms with Crippen molar-refractivity contribution < 1.29 is 13.2 Å². The molecule has 1 aromatic heterocycles. The van der Waals surface area contributed by atoms with Crippen molar-refractivity contribution in [3.8, 4) is 5.69 Å². The van der Waals surface area contributed by atoms with Crippen LogP contribution in [0.4, 0.5) is 11.4 Å². The predicted octanol–water partition coefficient (Wildman–Crippen LogP) is 4.23. The van der Waals surface area contributed by atoms with Gasteiger partial charge in [-0.15, -0.1) is 0 Å². The summed E-state index contributed by atoms with van der Waals surface area (Å²) in [5.74, 6) is -0.352. The minimum atomic E-state index is -3.78. The van der Waals surface area contributed by atoms with Crippen molar-refractivity contribution in [2.24, 2.45) is 0 Å². The molecule has 0 aliphatic heterocycles. The van der Waals surface area contributed by atoms with Gasteiger partial charge in [0, 0.05) is 17.5 Å². The second-order valence-electron chi connectivity index (χ2n) is 6.85. The number of hydrogen-bond donors (Lipinski definition) is 2. The molecule has 7 nitrogen and oxygen atoms in total. The maximum Gasteiger partial charge on any atom is 0.261 e. The van der Waals surface area contributed by atoms with Gasteiger partial charge in [-0.25, -0.2) is 13.1 Å². The highest BCUT2D eigenvalue weighted by molar-refractivity contribution is 7.92. The van der Waals surface area contributed by atoms with E-state index in [4.69, 9.17) is 0 Å². The monoisotopic (exact) mass is 432 g/mol. The SMILES string of the molecule is Cc1ccnn1-c1ccc(C(=O)Nc2ccccc2NS(=O)(=O)c2ccccc2)cc1. The van der Waals surface area contributed by atoms with Gasteiger partial charge in [-0.1, -0.05) is 30.3 Å². The van der Waals surface area contributed by atoms with Crippen molar-refractivity contribution in [2.45, 2.75) is 11.8 Å². The summed E-state index contributed by atoms with van der Waals surface area (Å²) in [6.45, 7) is 1.95. The molecule has 4 aromatic rings. The first-order chi connectivity index (χ1) is 14.9. The molecule has 156 valence electrons. The predicted molar refractivity (Wildman–Crippen MR) is 120 cm³/mol. The molecule has 0 saturated heterocycles. The number of hydrogen-bond acceptors (Lipinski definition) is 4. The van der Waals surface area contributed by atoms with Crippen LogP contribution in [-0.2, 0) is 10.0 Å². The van der Waals surface area contributed by atoms with Gasteiger partial charge in [-0.05, 0) is 61.5 Å². The lowest BCUT2D eigenvalue weighted by molar-refractivity contribution is 0.102. The molecule has 0 aliphatic carbocycles. The Labute approximate surface area is 180 Å². The highest BCUT2D eigenvalue weighted by Crippen LogP contribution is 2.25. The number of anilines is 2. The van der Waals surface area contributed by atoms with Gasteiger partial charge < -0.3 is 5.32 Å². The summed E-state index contributed by atoms with van der Waals surface area (Å²) in [6, 6.07) is 23.6. The number of nitrogens with zero attached hydrogens (tertiary/aromatic N) is 2. The molecular formula is C23H20N4O3S. The van der Waals surface area contributed by atoms with E-state index in [1.54, 1.807) is 77.6 Å². The van der Waals surface area contributed by atoms with Crippen molar-refractivity contribution in [1.82, 2.24) is 9.78 Å². The summed E-state index contributed by atoms with van der Waals surface area (Å²) in [6.07, 6.45) is 1.71. The molecule has 0 atom stereocenters. The van der Waals surface area contributed by atoms with Gasteiger partial charge in [0.15, 0.2) is 0 Å². The first kappa shape index (κ1) is 20.4. The van der Waals surface area contributed by atoms with E-state index < -0.39 is 10.0 Å². The van der Waals surface area contributed by atoms with E-state index in [9.17, 15) is 13.2 Å². The average Bonchev–Trinajstić information content (AvgIpc) is 3.21. The smallest absolute Gasteiger partial charge is 0.261 e. The second kappa shape index (κ2) is 8.45. The normalized spacial score (nSPS) is 11.1. The molecule has 3 aromatic carbocycles. The summed E-state index contributed by atoms with van der Waals surface area (Å²) < 4.78 is 29.6. The zero-order chi connectivity index (χ0) is 21.8. The number of sulfonamides is 1. The third-order valence-electron chi connectivity index (χ3n) is 4.68. The van der Waals surface area contributed by atoms with Crippen LogP contribution in [-0.4, -0.2) is 24.1 Å². The molecule has 4 rings (SSSR count).